The highest BCUT2D eigenvalue weighted by Gasteiger charge is 2.35. The van der Waals surface area contributed by atoms with E-state index in [1.807, 2.05) is 37.3 Å². The molecule has 0 radical (unpaired) electrons. The fourth-order valence-corrected chi connectivity index (χ4v) is 4.13. The second-order valence-corrected chi connectivity index (χ2v) is 8.72. The molecular weight excluding hydrogens is 385 g/mol. The van der Waals surface area contributed by atoms with Crippen molar-refractivity contribution >= 4 is 27.5 Å². The number of halogens is 3. The first-order valence-electron chi connectivity index (χ1n) is 7.77. The van der Waals surface area contributed by atoms with E-state index in [1.165, 1.54) is 0 Å². The molecule has 0 aliphatic heterocycles. The van der Waals surface area contributed by atoms with E-state index in [4.69, 9.17) is 5.14 Å². The Balaban J connectivity index is 2.13. The van der Waals surface area contributed by atoms with Crippen LogP contribution in [0.1, 0.15) is 18.9 Å². The summed E-state index contributed by atoms with van der Waals surface area (Å²) in [5, 5.41) is 7.81. The van der Waals surface area contributed by atoms with Crippen LogP contribution in [0, 0.1) is 0 Å². The molecule has 0 amide bonds. The predicted molar refractivity (Wildman–Crippen MR) is 97.7 cm³/mol. The molecule has 0 aliphatic carbocycles. The number of primary sulfonamides is 1. The Morgan fingerprint density at radius 3 is 2.35 bits per heavy atom. The van der Waals surface area contributed by atoms with Crippen LogP contribution in [0.5, 0.6) is 0 Å². The van der Waals surface area contributed by atoms with Crippen molar-refractivity contribution in [1.29, 1.82) is 0 Å². The van der Waals surface area contributed by atoms with Gasteiger partial charge in [-0.05, 0) is 30.7 Å². The number of rotatable bonds is 7. The van der Waals surface area contributed by atoms with Crippen LogP contribution in [0.15, 0.2) is 58.3 Å². The van der Waals surface area contributed by atoms with Crippen molar-refractivity contribution in [1.82, 2.24) is 0 Å². The molecule has 142 valence electrons. The molecule has 0 aromatic heterocycles. The molecule has 0 saturated heterocycles. The van der Waals surface area contributed by atoms with Crippen LogP contribution >= 0.6 is 11.8 Å². The first-order valence-corrected chi connectivity index (χ1v) is 10.2. The van der Waals surface area contributed by atoms with Crippen molar-refractivity contribution in [3.8, 4) is 0 Å². The van der Waals surface area contributed by atoms with E-state index >= 15 is 0 Å². The van der Waals surface area contributed by atoms with Crippen molar-refractivity contribution in [2.24, 2.45) is 5.14 Å². The number of nitrogens with one attached hydrogen (secondary N) is 1. The standard InChI is InChI=1S/C17H19F3N2O2S2/c1-12(25-13-6-3-2-4-7-13)10-11-22-16-14(17(18,19)20)8-5-9-15(16)26(21,23)24/h2-9,12,22H,10-11H2,1H3,(H2,21,23,24). The number of benzene rings is 2. The van der Waals surface area contributed by atoms with Gasteiger partial charge in [-0.2, -0.15) is 13.2 Å². The van der Waals surface area contributed by atoms with Gasteiger partial charge in [0.15, 0.2) is 0 Å². The topological polar surface area (TPSA) is 72.2 Å². The molecule has 9 heteroatoms. The minimum Gasteiger partial charge on any atom is -0.383 e. The average Bonchev–Trinajstić information content (AvgIpc) is 2.54. The van der Waals surface area contributed by atoms with Gasteiger partial charge in [-0.1, -0.05) is 31.2 Å². The molecule has 0 bridgehead atoms. The molecule has 2 aromatic rings. The summed E-state index contributed by atoms with van der Waals surface area (Å²) in [6, 6.07) is 12.5. The molecule has 0 fully saturated rings. The lowest BCUT2D eigenvalue weighted by Crippen LogP contribution is -2.20. The first-order chi connectivity index (χ1) is 12.1. The van der Waals surface area contributed by atoms with Gasteiger partial charge in [0.05, 0.1) is 11.3 Å². The lowest BCUT2D eigenvalue weighted by molar-refractivity contribution is -0.137. The van der Waals surface area contributed by atoms with Crippen LogP contribution in [0.3, 0.4) is 0 Å². The van der Waals surface area contributed by atoms with E-state index in [-0.39, 0.29) is 11.8 Å². The summed E-state index contributed by atoms with van der Waals surface area (Å²) in [6.07, 6.45) is -4.15. The lowest BCUT2D eigenvalue weighted by atomic mass is 10.1. The summed E-state index contributed by atoms with van der Waals surface area (Å²) in [6.45, 7) is 2.13. The predicted octanol–water partition coefficient (Wildman–Crippen LogP) is 4.34. The molecule has 0 saturated carbocycles. The second-order valence-electron chi connectivity index (χ2n) is 5.68. The van der Waals surface area contributed by atoms with E-state index < -0.39 is 32.3 Å². The fraction of sp³-hybridized carbons (Fsp3) is 0.294. The van der Waals surface area contributed by atoms with Crippen molar-refractivity contribution < 1.29 is 21.6 Å². The van der Waals surface area contributed by atoms with Crippen LogP contribution < -0.4 is 10.5 Å². The summed E-state index contributed by atoms with van der Waals surface area (Å²) >= 11 is 1.59. The summed E-state index contributed by atoms with van der Waals surface area (Å²) in [5.41, 5.74) is -1.55. The molecular formula is C17H19F3N2O2S2. The van der Waals surface area contributed by atoms with Crippen LogP contribution in [-0.4, -0.2) is 20.2 Å². The Morgan fingerprint density at radius 1 is 1.12 bits per heavy atom. The smallest absolute Gasteiger partial charge is 0.383 e. The average molecular weight is 404 g/mol. The lowest BCUT2D eigenvalue weighted by Gasteiger charge is -2.18. The van der Waals surface area contributed by atoms with Gasteiger partial charge in [0.2, 0.25) is 10.0 Å². The molecule has 3 N–H and O–H groups in total. The normalized spacial score (nSPS) is 13.4. The van der Waals surface area contributed by atoms with Crippen molar-refractivity contribution in [2.45, 2.75) is 34.6 Å². The second kappa shape index (κ2) is 8.32. The van der Waals surface area contributed by atoms with Crippen LogP contribution in [0.4, 0.5) is 18.9 Å². The quantitative estimate of drug-likeness (QED) is 0.674. The number of alkyl halides is 3. The SMILES string of the molecule is CC(CCNc1c(C(F)(F)F)cccc1S(N)(=O)=O)Sc1ccccc1. The molecule has 4 nitrogen and oxygen atoms in total. The molecule has 2 aromatic carbocycles. The summed E-state index contributed by atoms with van der Waals surface area (Å²) in [7, 11) is -4.28. The summed E-state index contributed by atoms with van der Waals surface area (Å²) < 4.78 is 62.9. The summed E-state index contributed by atoms with van der Waals surface area (Å²) in [5.74, 6) is 0. The minimum atomic E-state index is -4.69. The monoisotopic (exact) mass is 404 g/mol. The zero-order valence-electron chi connectivity index (χ0n) is 14.0. The van der Waals surface area contributed by atoms with Crippen LogP contribution in [-0.2, 0) is 16.2 Å². The van der Waals surface area contributed by atoms with Gasteiger partial charge in [-0.25, -0.2) is 13.6 Å². The Hall–Kier alpha value is -1.71. The number of sulfonamides is 1. The van der Waals surface area contributed by atoms with Crippen LogP contribution in [0.25, 0.3) is 0 Å². The van der Waals surface area contributed by atoms with Gasteiger partial charge in [-0.15, -0.1) is 11.8 Å². The third kappa shape index (κ3) is 5.65. The highest BCUT2D eigenvalue weighted by molar-refractivity contribution is 7.99. The summed E-state index contributed by atoms with van der Waals surface area (Å²) in [4.78, 5) is 0.497. The molecule has 26 heavy (non-hydrogen) atoms. The van der Waals surface area contributed by atoms with Gasteiger partial charge >= 0.3 is 6.18 Å². The van der Waals surface area contributed by atoms with E-state index in [9.17, 15) is 21.6 Å². The molecule has 0 spiro atoms. The van der Waals surface area contributed by atoms with E-state index in [1.54, 1.807) is 11.8 Å². The molecule has 0 heterocycles. The third-order valence-electron chi connectivity index (χ3n) is 3.57. The van der Waals surface area contributed by atoms with Crippen molar-refractivity contribution in [3.63, 3.8) is 0 Å². The third-order valence-corrected chi connectivity index (χ3v) is 5.71. The first kappa shape index (κ1) is 20.6. The highest BCUT2D eigenvalue weighted by Crippen LogP contribution is 2.38. The number of anilines is 1. The van der Waals surface area contributed by atoms with Gasteiger partial charge in [0.1, 0.15) is 4.90 Å². The Labute approximate surface area is 155 Å². The number of nitrogens with two attached hydrogens (primary N) is 1. The van der Waals surface area contributed by atoms with Gasteiger partial charge in [0.25, 0.3) is 0 Å². The molecule has 1 atom stereocenters. The van der Waals surface area contributed by atoms with Crippen LogP contribution in [0.2, 0.25) is 0 Å². The Kier molecular flexibility index (Phi) is 6.59. The number of hydrogen-bond donors (Lipinski definition) is 2. The Morgan fingerprint density at radius 2 is 1.77 bits per heavy atom. The van der Waals surface area contributed by atoms with Gasteiger partial charge in [0, 0.05) is 16.7 Å². The van der Waals surface area contributed by atoms with Crippen molar-refractivity contribution in [2.75, 3.05) is 11.9 Å². The van der Waals surface area contributed by atoms with Crippen molar-refractivity contribution in [3.05, 3.63) is 54.1 Å². The molecule has 2 rings (SSSR count). The number of para-hydroxylation sites is 1. The zero-order valence-corrected chi connectivity index (χ0v) is 15.6. The van der Waals surface area contributed by atoms with Gasteiger partial charge < -0.3 is 5.32 Å². The molecule has 1 unspecified atom stereocenters. The van der Waals surface area contributed by atoms with E-state index in [2.05, 4.69) is 5.32 Å². The maximum Gasteiger partial charge on any atom is 0.418 e. The number of hydrogen-bond acceptors (Lipinski definition) is 4. The molecule has 0 aliphatic rings. The zero-order chi connectivity index (χ0) is 19.4. The highest BCUT2D eigenvalue weighted by atomic mass is 32.2. The Bertz CT molecular complexity index is 841. The number of thioether (sulfide) groups is 1. The largest absolute Gasteiger partial charge is 0.418 e. The van der Waals surface area contributed by atoms with Gasteiger partial charge in [-0.3, -0.25) is 0 Å². The van der Waals surface area contributed by atoms with E-state index in [0.717, 1.165) is 23.1 Å². The minimum absolute atomic E-state index is 0.126. The van der Waals surface area contributed by atoms with E-state index in [0.29, 0.717) is 6.42 Å². The maximum absolute atomic E-state index is 13.2. The maximum atomic E-state index is 13.2. The fourth-order valence-electron chi connectivity index (χ4n) is 2.38.